The number of rotatable bonds is 3. The van der Waals surface area contributed by atoms with Gasteiger partial charge in [0.25, 0.3) is 0 Å². The van der Waals surface area contributed by atoms with Crippen LogP contribution in [0.25, 0.3) is 0 Å². The van der Waals surface area contributed by atoms with E-state index in [1.807, 2.05) is 11.6 Å². The zero-order chi connectivity index (χ0) is 13.2. The monoisotopic (exact) mass is 264 g/mol. The Hall–Kier alpha value is -1.36. The van der Waals surface area contributed by atoms with Gasteiger partial charge in [-0.05, 0) is 32.6 Å². The minimum Gasteiger partial charge on any atom is -0.462 e. The van der Waals surface area contributed by atoms with Crippen molar-refractivity contribution in [2.24, 2.45) is 0 Å². The average Bonchev–Trinajstić information content (AvgIpc) is 2.99. The second-order valence-electron chi connectivity index (χ2n) is 5.14. The first-order valence-electron chi connectivity index (χ1n) is 7.15. The summed E-state index contributed by atoms with van der Waals surface area (Å²) in [5.41, 5.74) is 2.75. The Labute approximate surface area is 112 Å². The third-order valence-electron chi connectivity index (χ3n) is 3.96. The Balaban J connectivity index is 1.96. The normalized spacial score (nSPS) is 19.4. The largest absolute Gasteiger partial charge is 0.462 e. The smallest absolute Gasteiger partial charge is 0.341 e. The van der Waals surface area contributed by atoms with E-state index >= 15 is 0 Å². The molecule has 3 heterocycles. The SMILES string of the molecule is CCOC(=O)c1c(C2CCOCC2)nn2c1CCC2. The maximum atomic E-state index is 12.2. The summed E-state index contributed by atoms with van der Waals surface area (Å²) in [4.78, 5) is 12.2. The zero-order valence-electron chi connectivity index (χ0n) is 11.4. The fourth-order valence-electron chi connectivity index (χ4n) is 3.04. The first-order chi connectivity index (χ1) is 9.31. The summed E-state index contributed by atoms with van der Waals surface area (Å²) >= 11 is 0. The number of fused-ring (bicyclic) bond motifs is 1. The van der Waals surface area contributed by atoms with Crippen LogP contribution < -0.4 is 0 Å². The van der Waals surface area contributed by atoms with E-state index in [2.05, 4.69) is 5.10 Å². The molecule has 3 rings (SSSR count). The van der Waals surface area contributed by atoms with Gasteiger partial charge >= 0.3 is 5.97 Å². The predicted molar refractivity (Wildman–Crippen MR) is 69.3 cm³/mol. The van der Waals surface area contributed by atoms with Crippen LogP contribution in [-0.4, -0.2) is 35.6 Å². The summed E-state index contributed by atoms with van der Waals surface area (Å²) in [5, 5.41) is 4.68. The molecule has 0 bridgehead atoms. The molecule has 1 aromatic heterocycles. The van der Waals surface area contributed by atoms with E-state index in [0.29, 0.717) is 12.5 Å². The van der Waals surface area contributed by atoms with Crippen molar-refractivity contribution in [1.29, 1.82) is 0 Å². The van der Waals surface area contributed by atoms with Crippen LogP contribution in [-0.2, 0) is 22.4 Å². The molecule has 0 spiro atoms. The molecular weight excluding hydrogens is 244 g/mol. The third kappa shape index (κ3) is 2.27. The lowest BCUT2D eigenvalue weighted by Crippen LogP contribution is -2.18. The number of nitrogens with zero attached hydrogens (tertiary/aromatic N) is 2. The lowest BCUT2D eigenvalue weighted by atomic mass is 9.92. The number of ether oxygens (including phenoxy) is 2. The second-order valence-corrected chi connectivity index (χ2v) is 5.14. The van der Waals surface area contributed by atoms with Gasteiger partial charge in [0.15, 0.2) is 0 Å². The Morgan fingerprint density at radius 1 is 1.47 bits per heavy atom. The zero-order valence-corrected chi connectivity index (χ0v) is 11.4. The molecule has 0 radical (unpaired) electrons. The van der Waals surface area contributed by atoms with Gasteiger partial charge in [0.05, 0.1) is 18.0 Å². The summed E-state index contributed by atoms with van der Waals surface area (Å²) in [6.45, 7) is 4.70. The number of hydrogen-bond acceptors (Lipinski definition) is 4. The van der Waals surface area contributed by atoms with Crippen LogP contribution in [0.15, 0.2) is 0 Å². The predicted octanol–water partition coefficient (Wildman–Crippen LogP) is 1.90. The lowest BCUT2D eigenvalue weighted by Gasteiger charge is -2.21. The van der Waals surface area contributed by atoms with Gasteiger partial charge in [0.1, 0.15) is 5.56 Å². The van der Waals surface area contributed by atoms with Gasteiger partial charge in [-0.15, -0.1) is 0 Å². The summed E-state index contributed by atoms with van der Waals surface area (Å²) in [7, 11) is 0. The average molecular weight is 264 g/mol. The molecule has 5 nitrogen and oxygen atoms in total. The van der Waals surface area contributed by atoms with Gasteiger partial charge < -0.3 is 9.47 Å². The van der Waals surface area contributed by atoms with Crippen LogP contribution in [0.4, 0.5) is 0 Å². The lowest BCUT2D eigenvalue weighted by molar-refractivity contribution is 0.0518. The summed E-state index contributed by atoms with van der Waals surface area (Å²) < 4.78 is 12.6. The van der Waals surface area contributed by atoms with E-state index in [-0.39, 0.29) is 5.97 Å². The highest BCUT2D eigenvalue weighted by Crippen LogP contribution is 2.33. The number of esters is 1. The standard InChI is InChI=1S/C14H20N2O3/c1-2-19-14(17)12-11-4-3-7-16(11)15-13(12)10-5-8-18-9-6-10/h10H,2-9H2,1H3. The van der Waals surface area contributed by atoms with Gasteiger partial charge in [-0.2, -0.15) is 5.10 Å². The summed E-state index contributed by atoms with van der Waals surface area (Å²) in [6, 6.07) is 0. The fourth-order valence-corrected chi connectivity index (χ4v) is 3.04. The number of carbonyl (C=O) groups is 1. The first-order valence-corrected chi connectivity index (χ1v) is 7.15. The van der Waals surface area contributed by atoms with Crippen LogP contribution in [0.5, 0.6) is 0 Å². The van der Waals surface area contributed by atoms with Crippen molar-refractivity contribution in [2.75, 3.05) is 19.8 Å². The van der Waals surface area contributed by atoms with Gasteiger partial charge in [0.2, 0.25) is 0 Å². The van der Waals surface area contributed by atoms with Gasteiger partial charge in [0, 0.05) is 25.7 Å². The van der Waals surface area contributed by atoms with Crippen molar-refractivity contribution in [2.45, 2.75) is 45.1 Å². The minimum absolute atomic E-state index is 0.202. The maximum Gasteiger partial charge on any atom is 0.341 e. The van der Waals surface area contributed by atoms with E-state index in [4.69, 9.17) is 9.47 Å². The minimum atomic E-state index is -0.202. The Morgan fingerprint density at radius 2 is 2.26 bits per heavy atom. The molecule has 2 aliphatic rings. The summed E-state index contributed by atoms with van der Waals surface area (Å²) in [6.07, 6.45) is 3.90. The number of aryl methyl sites for hydroxylation is 1. The molecule has 0 unspecified atom stereocenters. The van der Waals surface area contributed by atoms with Crippen LogP contribution in [0.2, 0.25) is 0 Å². The highest BCUT2D eigenvalue weighted by molar-refractivity contribution is 5.92. The molecule has 0 saturated carbocycles. The molecule has 1 fully saturated rings. The van der Waals surface area contributed by atoms with Crippen LogP contribution in [0.1, 0.15) is 53.8 Å². The van der Waals surface area contributed by atoms with Crippen molar-refractivity contribution in [3.63, 3.8) is 0 Å². The molecule has 0 aromatic carbocycles. The molecule has 0 amide bonds. The first kappa shape index (κ1) is 12.7. The highest BCUT2D eigenvalue weighted by Gasteiger charge is 2.31. The number of aromatic nitrogens is 2. The van der Waals surface area contributed by atoms with E-state index < -0.39 is 0 Å². The second kappa shape index (κ2) is 5.33. The highest BCUT2D eigenvalue weighted by atomic mass is 16.5. The molecule has 0 atom stereocenters. The molecule has 0 aliphatic carbocycles. The van der Waals surface area contributed by atoms with Crippen LogP contribution in [0, 0.1) is 0 Å². The number of hydrogen-bond donors (Lipinski definition) is 0. The molecule has 1 aromatic rings. The Morgan fingerprint density at radius 3 is 3.00 bits per heavy atom. The van der Waals surface area contributed by atoms with Crippen molar-refractivity contribution >= 4 is 5.97 Å². The van der Waals surface area contributed by atoms with E-state index in [9.17, 15) is 4.79 Å². The van der Waals surface area contributed by atoms with Crippen LogP contribution in [0.3, 0.4) is 0 Å². The van der Waals surface area contributed by atoms with Crippen molar-refractivity contribution in [3.8, 4) is 0 Å². The van der Waals surface area contributed by atoms with E-state index in [0.717, 1.165) is 62.4 Å². The topological polar surface area (TPSA) is 53.4 Å². The number of carbonyl (C=O) groups excluding carboxylic acids is 1. The molecule has 5 heteroatoms. The van der Waals surface area contributed by atoms with Gasteiger partial charge in [-0.1, -0.05) is 0 Å². The fraction of sp³-hybridized carbons (Fsp3) is 0.714. The molecule has 19 heavy (non-hydrogen) atoms. The van der Waals surface area contributed by atoms with Gasteiger partial charge in [-0.25, -0.2) is 4.79 Å². The Kier molecular flexibility index (Phi) is 3.55. The van der Waals surface area contributed by atoms with Crippen molar-refractivity contribution < 1.29 is 14.3 Å². The van der Waals surface area contributed by atoms with Crippen LogP contribution >= 0.6 is 0 Å². The third-order valence-corrected chi connectivity index (χ3v) is 3.96. The Bertz CT molecular complexity index is 475. The van der Waals surface area contributed by atoms with E-state index in [1.165, 1.54) is 0 Å². The molecular formula is C14H20N2O3. The van der Waals surface area contributed by atoms with E-state index in [1.54, 1.807) is 0 Å². The molecule has 104 valence electrons. The van der Waals surface area contributed by atoms with Crippen molar-refractivity contribution in [3.05, 3.63) is 17.0 Å². The quantitative estimate of drug-likeness (QED) is 0.782. The molecule has 2 aliphatic heterocycles. The maximum absolute atomic E-state index is 12.2. The summed E-state index contributed by atoms with van der Waals surface area (Å²) in [5.74, 6) is 0.137. The molecule has 0 N–H and O–H groups in total. The van der Waals surface area contributed by atoms with Crippen molar-refractivity contribution in [1.82, 2.24) is 9.78 Å². The van der Waals surface area contributed by atoms with Gasteiger partial charge in [-0.3, -0.25) is 4.68 Å². The molecule has 1 saturated heterocycles.